The third-order valence-electron chi connectivity index (χ3n) is 4.24. The fraction of sp³-hybridized carbons (Fsp3) is 0.529. The zero-order valence-corrected chi connectivity index (χ0v) is 14.7. The highest BCUT2D eigenvalue weighted by Gasteiger charge is 2.28. The molecule has 0 spiro atoms. The summed E-state index contributed by atoms with van der Waals surface area (Å²) in [5.41, 5.74) is 2.91. The summed E-state index contributed by atoms with van der Waals surface area (Å²) in [5, 5.41) is 13.1. The second-order valence-corrected chi connectivity index (χ2v) is 7.45. The molecule has 0 aliphatic heterocycles. The van der Waals surface area contributed by atoms with Crippen LogP contribution in [0.2, 0.25) is 0 Å². The van der Waals surface area contributed by atoms with E-state index in [2.05, 4.69) is 29.6 Å². The molecule has 0 radical (unpaired) electrons. The van der Waals surface area contributed by atoms with Crippen LogP contribution in [-0.2, 0) is 26.4 Å². The molecule has 0 saturated carbocycles. The number of nitrogens with one attached hydrogen (secondary N) is 2. The van der Waals surface area contributed by atoms with Crippen LogP contribution in [0.3, 0.4) is 0 Å². The molecule has 0 saturated heterocycles. The minimum absolute atomic E-state index is 0.0690. The van der Waals surface area contributed by atoms with E-state index in [1.807, 2.05) is 29.2 Å². The van der Waals surface area contributed by atoms with Gasteiger partial charge in [0.15, 0.2) is 5.69 Å². The lowest BCUT2D eigenvalue weighted by Gasteiger charge is -2.26. The molecule has 124 valence electrons. The quantitative estimate of drug-likeness (QED) is 0.883. The van der Waals surface area contributed by atoms with Crippen molar-refractivity contribution in [3.05, 3.63) is 39.3 Å². The Kier molecular flexibility index (Phi) is 4.82. The average Bonchev–Trinajstić information content (AvgIpc) is 3.12. The topological polar surface area (TPSA) is 59.0 Å². The van der Waals surface area contributed by atoms with Gasteiger partial charge in [0.05, 0.1) is 6.54 Å². The van der Waals surface area contributed by atoms with E-state index < -0.39 is 0 Å². The van der Waals surface area contributed by atoms with Gasteiger partial charge in [-0.2, -0.15) is 5.10 Å². The number of hydrogen-bond donors (Lipinski definition) is 2. The van der Waals surface area contributed by atoms with Crippen molar-refractivity contribution in [2.45, 2.75) is 51.7 Å². The maximum atomic E-state index is 12.6. The van der Waals surface area contributed by atoms with Crippen LogP contribution in [-0.4, -0.2) is 27.8 Å². The van der Waals surface area contributed by atoms with E-state index >= 15 is 0 Å². The van der Waals surface area contributed by atoms with Gasteiger partial charge in [-0.25, -0.2) is 0 Å². The van der Waals surface area contributed by atoms with Crippen LogP contribution in [0.5, 0.6) is 0 Å². The molecule has 2 aromatic heterocycles. The van der Waals surface area contributed by atoms with Crippen molar-refractivity contribution in [1.82, 2.24) is 20.4 Å². The Morgan fingerprint density at radius 3 is 3.04 bits per heavy atom. The van der Waals surface area contributed by atoms with Gasteiger partial charge >= 0.3 is 0 Å². The van der Waals surface area contributed by atoms with E-state index in [-0.39, 0.29) is 5.91 Å². The first kappa shape index (κ1) is 16.2. The maximum Gasteiger partial charge on any atom is 0.272 e. The van der Waals surface area contributed by atoms with E-state index in [0.717, 1.165) is 29.7 Å². The summed E-state index contributed by atoms with van der Waals surface area (Å²) in [6.45, 7) is 4.89. The van der Waals surface area contributed by atoms with Crippen LogP contribution in [0.25, 0.3) is 0 Å². The SMILES string of the molecule is CC(C)NC1CCc2c(c(C(=O)NCc3cccs3)nn2C)C1. The van der Waals surface area contributed by atoms with Gasteiger partial charge in [-0.05, 0) is 30.7 Å². The van der Waals surface area contributed by atoms with Crippen molar-refractivity contribution in [2.24, 2.45) is 7.05 Å². The smallest absolute Gasteiger partial charge is 0.272 e. The molecule has 23 heavy (non-hydrogen) atoms. The molecule has 1 aliphatic rings. The van der Waals surface area contributed by atoms with Crippen molar-refractivity contribution < 1.29 is 4.79 Å². The van der Waals surface area contributed by atoms with Crippen LogP contribution < -0.4 is 10.6 Å². The van der Waals surface area contributed by atoms with Crippen LogP contribution in [0.15, 0.2) is 17.5 Å². The Labute approximate surface area is 141 Å². The summed E-state index contributed by atoms with van der Waals surface area (Å²) in [6.07, 6.45) is 2.95. The van der Waals surface area contributed by atoms with Crippen LogP contribution >= 0.6 is 11.3 Å². The van der Waals surface area contributed by atoms with Crippen LogP contribution in [0, 0.1) is 0 Å². The van der Waals surface area contributed by atoms with Gasteiger partial charge in [0.2, 0.25) is 0 Å². The molecule has 0 bridgehead atoms. The van der Waals surface area contributed by atoms with E-state index in [9.17, 15) is 4.79 Å². The van der Waals surface area contributed by atoms with Crippen molar-refractivity contribution in [1.29, 1.82) is 0 Å². The molecular formula is C17H24N4OS. The molecule has 2 N–H and O–H groups in total. The number of carbonyl (C=O) groups is 1. The highest BCUT2D eigenvalue weighted by Crippen LogP contribution is 2.24. The number of nitrogens with zero attached hydrogens (tertiary/aromatic N) is 2. The summed E-state index contributed by atoms with van der Waals surface area (Å²) in [4.78, 5) is 13.7. The summed E-state index contributed by atoms with van der Waals surface area (Å²) in [6, 6.07) is 4.91. The van der Waals surface area contributed by atoms with Crippen molar-refractivity contribution in [2.75, 3.05) is 0 Å². The van der Waals surface area contributed by atoms with E-state index in [1.54, 1.807) is 11.3 Å². The first-order valence-corrected chi connectivity index (χ1v) is 9.04. The lowest BCUT2D eigenvalue weighted by molar-refractivity contribution is 0.0944. The third kappa shape index (κ3) is 3.64. The highest BCUT2D eigenvalue weighted by atomic mass is 32.1. The Morgan fingerprint density at radius 1 is 1.52 bits per heavy atom. The van der Waals surface area contributed by atoms with Crippen molar-refractivity contribution in [3.63, 3.8) is 0 Å². The summed E-state index contributed by atoms with van der Waals surface area (Å²) >= 11 is 1.65. The number of aromatic nitrogens is 2. The molecule has 1 atom stereocenters. The third-order valence-corrected chi connectivity index (χ3v) is 5.12. The molecule has 2 aromatic rings. The number of aryl methyl sites for hydroxylation is 1. The number of hydrogen-bond acceptors (Lipinski definition) is 4. The summed E-state index contributed by atoms with van der Waals surface area (Å²) in [7, 11) is 1.94. The standard InChI is InChI=1S/C17H24N4OS/c1-11(2)19-12-6-7-15-14(9-12)16(20-21(15)3)17(22)18-10-13-5-4-8-23-13/h4-5,8,11-12,19H,6-7,9-10H2,1-3H3,(H,18,22). The van der Waals surface area contributed by atoms with Crippen LogP contribution in [0.1, 0.15) is 46.9 Å². The predicted molar refractivity (Wildman–Crippen MR) is 92.8 cm³/mol. The first-order valence-electron chi connectivity index (χ1n) is 8.16. The first-order chi connectivity index (χ1) is 11.0. The van der Waals surface area contributed by atoms with Crippen molar-refractivity contribution >= 4 is 17.2 Å². The van der Waals surface area contributed by atoms with Crippen LogP contribution in [0.4, 0.5) is 0 Å². The number of carbonyl (C=O) groups excluding carboxylic acids is 1. The zero-order chi connectivity index (χ0) is 16.4. The number of rotatable bonds is 5. The summed E-state index contributed by atoms with van der Waals surface area (Å²) < 4.78 is 1.88. The van der Waals surface area contributed by atoms with Gasteiger partial charge in [0.25, 0.3) is 5.91 Å². The van der Waals surface area contributed by atoms with Crippen molar-refractivity contribution in [3.8, 4) is 0 Å². The van der Waals surface area contributed by atoms with E-state index in [0.29, 0.717) is 24.3 Å². The highest BCUT2D eigenvalue weighted by molar-refractivity contribution is 7.09. The van der Waals surface area contributed by atoms with E-state index in [1.165, 1.54) is 5.69 Å². The molecule has 6 heteroatoms. The van der Waals surface area contributed by atoms with Gasteiger partial charge in [-0.3, -0.25) is 9.48 Å². The lowest BCUT2D eigenvalue weighted by atomic mass is 9.91. The molecule has 1 amide bonds. The van der Waals surface area contributed by atoms with Gasteiger partial charge in [-0.15, -0.1) is 11.3 Å². The monoisotopic (exact) mass is 332 g/mol. The summed E-state index contributed by atoms with van der Waals surface area (Å²) in [5.74, 6) is -0.0690. The minimum atomic E-state index is -0.0690. The van der Waals surface area contributed by atoms with Gasteiger partial charge in [0, 0.05) is 35.3 Å². The molecule has 0 fully saturated rings. The second kappa shape index (κ2) is 6.84. The van der Waals surface area contributed by atoms with Gasteiger partial charge in [0.1, 0.15) is 0 Å². The number of amides is 1. The Balaban J connectivity index is 1.74. The molecule has 1 aliphatic carbocycles. The fourth-order valence-electron chi connectivity index (χ4n) is 3.25. The molecule has 3 rings (SSSR count). The second-order valence-electron chi connectivity index (χ2n) is 6.42. The van der Waals surface area contributed by atoms with Gasteiger partial charge < -0.3 is 10.6 Å². The van der Waals surface area contributed by atoms with E-state index in [4.69, 9.17) is 0 Å². The Hall–Kier alpha value is -1.66. The minimum Gasteiger partial charge on any atom is -0.346 e. The Bertz CT molecular complexity index is 675. The molecule has 1 unspecified atom stereocenters. The normalized spacial score (nSPS) is 17.3. The molecular weight excluding hydrogens is 308 g/mol. The molecule has 2 heterocycles. The maximum absolute atomic E-state index is 12.6. The molecule has 0 aromatic carbocycles. The zero-order valence-electron chi connectivity index (χ0n) is 13.9. The Morgan fingerprint density at radius 2 is 2.35 bits per heavy atom. The fourth-order valence-corrected chi connectivity index (χ4v) is 3.89. The predicted octanol–water partition coefficient (Wildman–Crippen LogP) is 2.27. The molecule has 5 nitrogen and oxygen atoms in total. The van der Waals surface area contributed by atoms with Gasteiger partial charge in [-0.1, -0.05) is 19.9 Å². The number of fused-ring (bicyclic) bond motifs is 1. The largest absolute Gasteiger partial charge is 0.346 e. The number of thiophene rings is 1. The average molecular weight is 332 g/mol. The lowest BCUT2D eigenvalue weighted by Crippen LogP contribution is -2.39.